The van der Waals surface area contributed by atoms with E-state index in [9.17, 15) is 0 Å². The van der Waals surface area contributed by atoms with Gasteiger partial charge in [-0.3, -0.25) is 4.67 Å². The monoisotopic (exact) mass is 265 g/mol. The van der Waals surface area contributed by atoms with E-state index in [1.54, 1.807) is 0 Å². The molecule has 0 spiro atoms. The van der Waals surface area contributed by atoms with Gasteiger partial charge in [0.25, 0.3) is 0 Å². The molecule has 0 radical (unpaired) electrons. The Kier molecular flexibility index (Phi) is 4.78. The molecular formula is C9H17ClN3PS. The Labute approximate surface area is 102 Å². The molecule has 0 fully saturated rings. The van der Waals surface area contributed by atoms with Crippen LogP contribution in [-0.2, 0) is 14.1 Å². The highest BCUT2D eigenvalue weighted by Crippen LogP contribution is 2.43. The van der Waals surface area contributed by atoms with Crippen LogP contribution in [-0.4, -0.2) is 26.9 Å². The second kappa shape index (κ2) is 5.44. The third-order valence-electron chi connectivity index (χ3n) is 2.41. The Morgan fingerprint density at radius 3 is 2.27 bits per heavy atom. The maximum absolute atomic E-state index is 6.47. The summed E-state index contributed by atoms with van der Waals surface area (Å²) in [6.45, 7) is 6.18. The zero-order chi connectivity index (χ0) is 11.6. The molecular weight excluding hydrogens is 249 g/mol. The molecule has 1 unspecified atom stereocenters. The number of hydrogen-bond acceptors (Lipinski definition) is 2. The Balaban J connectivity index is 3.05. The zero-order valence-electron chi connectivity index (χ0n) is 9.57. The lowest BCUT2D eigenvalue weighted by Crippen LogP contribution is -2.23. The molecule has 0 bridgehead atoms. The fraction of sp³-hybridized carbons (Fsp3) is 0.667. The molecule has 86 valence electrons. The Morgan fingerprint density at radius 2 is 1.93 bits per heavy atom. The molecule has 1 rings (SSSR count). The van der Waals surface area contributed by atoms with Crippen LogP contribution in [0.4, 0.5) is 0 Å². The van der Waals surface area contributed by atoms with Gasteiger partial charge in [0.05, 0.1) is 5.44 Å². The van der Waals surface area contributed by atoms with Crippen LogP contribution in [0.3, 0.4) is 0 Å². The largest absolute Gasteiger partial charge is 0.326 e. The first-order chi connectivity index (χ1) is 7.02. The first-order valence-corrected chi connectivity index (χ1v) is 7.56. The molecule has 1 heterocycles. The maximum atomic E-state index is 6.47. The van der Waals surface area contributed by atoms with Crippen LogP contribution in [0.1, 0.15) is 13.8 Å². The van der Waals surface area contributed by atoms with Crippen molar-refractivity contribution in [1.82, 2.24) is 13.8 Å². The summed E-state index contributed by atoms with van der Waals surface area (Å²) >= 11 is 11.7. The molecule has 0 saturated carbocycles. The van der Waals surface area contributed by atoms with Crippen LogP contribution in [0.15, 0.2) is 6.20 Å². The van der Waals surface area contributed by atoms with Crippen LogP contribution in [0.25, 0.3) is 0 Å². The van der Waals surface area contributed by atoms with Gasteiger partial charge in [-0.15, -0.1) is 0 Å². The molecule has 6 heteroatoms. The minimum atomic E-state index is -0.774. The van der Waals surface area contributed by atoms with E-state index in [1.807, 2.05) is 29.4 Å². The van der Waals surface area contributed by atoms with Gasteiger partial charge in [0.1, 0.15) is 7.43 Å². The highest BCUT2D eigenvalue weighted by molar-refractivity contribution is 7.88. The summed E-state index contributed by atoms with van der Waals surface area (Å²) in [5.74, 6) is 0. The van der Waals surface area contributed by atoms with E-state index >= 15 is 0 Å². The van der Waals surface area contributed by atoms with Gasteiger partial charge in [0.2, 0.25) is 0 Å². The van der Waals surface area contributed by atoms with E-state index in [2.05, 4.69) is 18.5 Å². The molecule has 1 aromatic heterocycles. The molecule has 15 heavy (non-hydrogen) atoms. The molecule has 0 saturated heterocycles. The fourth-order valence-corrected chi connectivity index (χ4v) is 4.17. The zero-order valence-corrected chi connectivity index (χ0v) is 12.0. The number of imidazole rings is 1. The van der Waals surface area contributed by atoms with Crippen molar-refractivity contribution in [3.63, 3.8) is 0 Å². The van der Waals surface area contributed by atoms with Crippen LogP contribution in [0, 0.1) is 4.77 Å². The summed E-state index contributed by atoms with van der Waals surface area (Å²) in [7, 11) is 3.15. The lowest BCUT2D eigenvalue weighted by atomic mass is 10.7. The number of aryl methyl sites for hydroxylation is 1. The van der Waals surface area contributed by atoms with E-state index in [-0.39, 0.29) is 0 Å². The maximum Gasteiger partial charge on any atom is 0.179 e. The number of nitrogens with zero attached hydrogens (tertiary/aromatic N) is 3. The van der Waals surface area contributed by atoms with E-state index in [4.69, 9.17) is 23.5 Å². The van der Waals surface area contributed by atoms with Gasteiger partial charge < -0.3 is 9.13 Å². The van der Waals surface area contributed by atoms with E-state index in [0.717, 1.165) is 23.3 Å². The molecule has 0 aliphatic carbocycles. The highest BCUT2D eigenvalue weighted by Gasteiger charge is 2.19. The Bertz CT molecular complexity index is 383. The number of aromatic nitrogens is 2. The Hall–Kier alpha value is 0.110. The van der Waals surface area contributed by atoms with E-state index in [0.29, 0.717) is 0 Å². The summed E-state index contributed by atoms with van der Waals surface area (Å²) in [4.78, 5) is 0. The van der Waals surface area contributed by atoms with Gasteiger partial charge in [-0.2, -0.15) is 0 Å². The van der Waals surface area contributed by atoms with Gasteiger partial charge in [-0.05, 0) is 12.2 Å². The number of hydrogen-bond donors (Lipinski definition) is 0. The second-order valence-electron chi connectivity index (χ2n) is 3.34. The molecule has 1 atom stereocenters. The number of rotatable bonds is 4. The first-order valence-electron chi connectivity index (χ1n) is 4.96. The van der Waals surface area contributed by atoms with Crippen molar-refractivity contribution in [2.24, 2.45) is 14.1 Å². The van der Waals surface area contributed by atoms with Gasteiger partial charge in [0.15, 0.2) is 4.77 Å². The van der Waals surface area contributed by atoms with Crippen molar-refractivity contribution in [1.29, 1.82) is 0 Å². The standard InChI is InChI=1S/C9H17ClN3PS/c1-5-13(6-2)14(10)8-7-11(3)9(15)12(8)4/h7H,5-6H2,1-4H3. The predicted octanol–water partition coefficient (Wildman–Crippen LogP) is 2.61. The van der Waals surface area contributed by atoms with Crippen molar-refractivity contribution in [3.8, 4) is 0 Å². The van der Waals surface area contributed by atoms with Crippen molar-refractivity contribution in [2.45, 2.75) is 13.8 Å². The molecule has 0 aliphatic heterocycles. The lowest BCUT2D eigenvalue weighted by molar-refractivity contribution is 0.516. The third kappa shape index (κ3) is 2.62. The third-order valence-corrected chi connectivity index (χ3v) is 5.99. The summed E-state index contributed by atoms with van der Waals surface area (Å²) in [5, 5.41) is 0. The normalized spacial score (nSPS) is 13.5. The second-order valence-corrected chi connectivity index (χ2v) is 6.21. The average Bonchev–Trinajstić information content (AvgIpc) is 2.47. The predicted molar refractivity (Wildman–Crippen MR) is 70.5 cm³/mol. The SMILES string of the molecule is CCN(CC)P(Cl)c1cn(C)c(=S)n1C. The van der Waals surface area contributed by atoms with Crippen molar-refractivity contribution in [2.75, 3.05) is 13.1 Å². The molecule has 0 aromatic carbocycles. The minimum absolute atomic E-state index is 0.774. The summed E-state index contributed by atoms with van der Waals surface area (Å²) in [6.07, 6.45) is 2.03. The molecule has 0 amide bonds. The summed E-state index contributed by atoms with van der Waals surface area (Å²) < 4.78 is 6.99. The van der Waals surface area contributed by atoms with Crippen LogP contribution < -0.4 is 5.44 Å². The smallest absolute Gasteiger partial charge is 0.179 e. The first kappa shape index (κ1) is 13.2. The summed E-state index contributed by atoms with van der Waals surface area (Å²) in [6, 6.07) is 0. The van der Waals surface area contributed by atoms with Crippen molar-refractivity contribution in [3.05, 3.63) is 11.0 Å². The molecule has 0 N–H and O–H groups in total. The van der Waals surface area contributed by atoms with Crippen molar-refractivity contribution < 1.29 is 0 Å². The van der Waals surface area contributed by atoms with E-state index < -0.39 is 7.43 Å². The van der Waals surface area contributed by atoms with Crippen LogP contribution in [0.2, 0.25) is 0 Å². The van der Waals surface area contributed by atoms with Gasteiger partial charge in [-0.25, -0.2) is 0 Å². The molecule has 3 nitrogen and oxygen atoms in total. The quantitative estimate of drug-likeness (QED) is 0.613. The Morgan fingerprint density at radius 1 is 1.40 bits per heavy atom. The molecule has 0 aliphatic rings. The van der Waals surface area contributed by atoms with Gasteiger partial charge in [-0.1, -0.05) is 25.1 Å². The number of halogens is 1. The summed E-state index contributed by atoms with van der Waals surface area (Å²) in [5.41, 5.74) is 1.11. The minimum Gasteiger partial charge on any atom is -0.326 e. The average molecular weight is 266 g/mol. The van der Waals surface area contributed by atoms with Gasteiger partial charge >= 0.3 is 0 Å². The molecule has 1 aromatic rings. The van der Waals surface area contributed by atoms with Crippen LogP contribution >= 0.6 is 30.9 Å². The van der Waals surface area contributed by atoms with Crippen molar-refractivity contribution >= 4 is 36.3 Å². The topological polar surface area (TPSA) is 13.1 Å². The van der Waals surface area contributed by atoms with Crippen LogP contribution in [0.5, 0.6) is 0 Å². The lowest BCUT2D eigenvalue weighted by Gasteiger charge is -2.23. The van der Waals surface area contributed by atoms with E-state index in [1.165, 1.54) is 0 Å². The fourth-order valence-electron chi connectivity index (χ4n) is 1.44. The highest BCUT2D eigenvalue weighted by atomic mass is 35.7. The van der Waals surface area contributed by atoms with Gasteiger partial charge in [0, 0.05) is 33.4 Å².